The molecule has 2 atom stereocenters. The molecule has 0 aromatic carbocycles. The first-order valence-electron chi connectivity index (χ1n) is 5.42. The molecule has 0 aliphatic carbocycles. The lowest BCUT2D eigenvalue weighted by molar-refractivity contribution is 0.0576. The van der Waals surface area contributed by atoms with Crippen LogP contribution in [0.15, 0.2) is 17.4 Å². The molecule has 90 valence electrons. The normalized spacial score (nSPS) is 24.5. The molecular formula is C10H12N4O3. The van der Waals surface area contributed by atoms with E-state index in [9.17, 15) is 4.79 Å². The van der Waals surface area contributed by atoms with Crippen LogP contribution >= 0.6 is 0 Å². The third kappa shape index (κ3) is 1.63. The number of rotatable bonds is 2. The highest BCUT2D eigenvalue weighted by molar-refractivity contribution is 5.68. The van der Waals surface area contributed by atoms with Crippen molar-refractivity contribution in [2.45, 2.75) is 18.6 Å². The van der Waals surface area contributed by atoms with E-state index < -0.39 is 0 Å². The Morgan fingerprint density at radius 2 is 2.47 bits per heavy atom. The van der Waals surface area contributed by atoms with Crippen LogP contribution in [0.25, 0.3) is 11.2 Å². The van der Waals surface area contributed by atoms with Gasteiger partial charge in [0.25, 0.3) is 5.56 Å². The summed E-state index contributed by atoms with van der Waals surface area (Å²) < 4.78 is 7.24. The number of nitrogens with one attached hydrogen (secondary N) is 1. The number of hydrogen-bond acceptors (Lipinski definition) is 5. The number of aliphatic hydroxyl groups excluding tert-OH is 1. The van der Waals surface area contributed by atoms with Gasteiger partial charge in [-0.1, -0.05) is 0 Å². The van der Waals surface area contributed by atoms with Crippen molar-refractivity contribution >= 4 is 11.2 Å². The summed E-state index contributed by atoms with van der Waals surface area (Å²) >= 11 is 0. The Hall–Kier alpha value is -1.73. The first kappa shape index (κ1) is 10.4. The highest BCUT2D eigenvalue weighted by Gasteiger charge is 2.27. The van der Waals surface area contributed by atoms with E-state index in [2.05, 4.69) is 15.0 Å². The fourth-order valence-electron chi connectivity index (χ4n) is 2.14. The molecule has 0 amide bonds. The molecule has 17 heavy (non-hydrogen) atoms. The van der Waals surface area contributed by atoms with Crippen molar-refractivity contribution in [1.29, 1.82) is 0 Å². The second-order valence-electron chi connectivity index (χ2n) is 4.08. The van der Waals surface area contributed by atoms with Gasteiger partial charge in [-0.3, -0.25) is 4.79 Å². The number of aromatic nitrogens is 4. The zero-order valence-electron chi connectivity index (χ0n) is 9.04. The molecule has 1 aliphatic rings. The van der Waals surface area contributed by atoms with E-state index in [-0.39, 0.29) is 24.3 Å². The predicted octanol–water partition coefficient (Wildman–Crippen LogP) is -0.558. The first-order valence-corrected chi connectivity index (χ1v) is 5.42. The number of aromatic amines is 1. The van der Waals surface area contributed by atoms with E-state index in [0.29, 0.717) is 24.2 Å². The second kappa shape index (κ2) is 3.94. The lowest BCUT2D eigenvalue weighted by Crippen LogP contribution is -2.12. The summed E-state index contributed by atoms with van der Waals surface area (Å²) in [5.41, 5.74) is 0.646. The third-order valence-corrected chi connectivity index (χ3v) is 3.02. The molecule has 1 aliphatic heterocycles. The molecule has 2 aromatic heterocycles. The quantitative estimate of drug-likeness (QED) is 0.729. The van der Waals surface area contributed by atoms with Crippen LogP contribution in [-0.2, 0) is 4.74 Å². The molecule has 0 saturated carbocycles. The summed E-state index contributed by atoms with van der Waals surface area (Å²) in [6.45, 7) is 0.516. The monoisotopic (exact) mass is 236 g/mol. The van der Waals surface area contributed by atoms with Crippen molar-refractivity contribution in [2.75, 3.05) is 13.2 Å². The molecule has 2 aromatic rings. The van der Waals surface area contributed by atoms with Gasteiger partial charge in [-0.2, -0.15) is 0 Å². The van der Waals surface area contributed by atoms with Gasteiger partial charge in [0.1, 0.15) is 0 Å². The summed E-state index contributed by atoms with van der Waals surface area (Å²) in [5.74, 6) is 0. The van der Waals surface area contributed by atoms with E-state index >= 15 is 0 Å². The third-order valence-electron chi connectivity index (χ3n) is 3.02. The maximum Gasteiger partial charge on any atom is 0.278 e. The zero-order valence-corrected chi connectivity index (χ0v) is 9.04. The van der Waals surface area contributed by atoms with E-state index in [0.717, 1.165) is 0 Å². The van der Waals surface area contributed by atoms with Crippen molar-refractivity contribution in [1.82, 2.24) is 19.5 Å². The van der Waals surface area contributed by atoms with Crippen LogP contribution in [-0.4, -0.2) is 43.9 Å². The number of aliphatic hydroxyl groups is 1. The van der Waals surface area contributed by atoms with Crippen molar-refractivity contribution in [3.63, 3.8) is 0 Å². The largest absolute Gasteiger partial charge is 0.394 e. The van der Waals surface area contributed by atoms with Gasteiger partial charge in [-0.15, -0.1) is 0 Å². The van der Waals surface area contributed by atoms with Gasteiger partial charge in [0.05, 0.1) is 38.0 Å². The van der Waals surface area contributed by atoms with Crippen molar-refractivity contribution in [3.8, 4) is 0 Å². The number of ether oxygens (including phenoxy) is 1. The molecule has 2 N–H and O–H groups in total. The highest BCUT2D eigenvalue weighted by atomic mass is 16.5. The SMILES string of the molecule is O=c1[nH]cnc2c1ncn2C1CO[C@H](CO)C1. The number of nitrogens with zero attached hydrogens (tertiary/aromatic N) is 3. The summed E-state index contributed by atoms with van der Waals surface area (Å²) in [7, 11) is 0. The Kier molecular flexibility index (Phi) is 2.41. The van der Waals surface area contributed by atoms with Gasteiger partial charge in [-0.25, -0.2) is 9.97 Å². The van der Waals surface area contributed by atoms with Gasteiger partial charge in [0.2, 0.25) is 0 Å². The van der Waals surface area contributed by atoms with Gasteiger partial charge < -0.3 is 19.4 Å². The molecule has 0 radical (unpaired) electrons. The maximum atomic E-state index is 11.5. The van der Waals surface area contributed by atoms with E-state index in [4.69, 9.17) is 9.84 Å². The average Bonchev–Trinajstić information content (AvgIpc) is 2.94. The Balaban J connectivity index is 2.02. The fourth-order valence-corrected chi connectivity index (χ4v) is 2.14. The molecule has 3 heterocycles. The molecule has 7 nitrogen and oxygen atoms in total. The van der Waals surface area contributed by atoms with E-state index in [1.165, 1.54) is 6.33 Å². The van der Waals surface area contributed by atoms with Gasteiger partial charge >= 0.3 is 0 Å². The molecule has 1 saturated heterocycles. The minimum Gasteiger partial charge on any atom is -0.394 e. The minimum atomic E-state index is -0.244. The second-order valence-corrected chi connectivity index (χ2v) is 4.08. The van der Waals surface area contributed by atoms with Crippen LogP contribution < -0.4 is 5.56 Å². The molecular weight excluding hydrogens is 224 g/mol. The molecule has 3 rings (SSSR count). The van der Waals surface area contributed by atoms with Crippen LogP contribution in [0.5, 0.6) is 0 Å². The lowest BCUT2D eigenvalue weighted by atomic mass is 10.2. The first-order chi connectivity index (χ1) is 8.29. The Morgan fingerprint density at radius 1 is 1.59 bits per heavy atom. The van der Waals surface area contributed by atoms with Gasteiger partial charge in [0, 0.05) is 0 Å². The van der Waals surface area contributed by atoms with Crippen molar-refractivity contribution in [3.05, 3.63) is 23.0 Å². The Bertz CT molecular complexity index is 590. The average molecular weight is 236 g/mol. The summed E-state index contributed by atoms with van der Waals surface area (Å²) in [6, 6.07) is 0.0754. The van der Waals surface area contributed by atoms with E-state index in [1.807, 2.05) is 4.57 Å². The molecule has 1 fully saturated rings. The fraction of sp³-hybridized carbons (Fsp3) is 0.500. The predicted molar refractivity (Wildman–Crippen MR) is 58.6 cm³/mol. The lowest BCUT2D eigenvalue weighted by Gasteiger charge is -2.09. The highest BCUT2D eigenvalue weighted by Crippen LogP contribution is 2.25. The van der Waals surface area contributed by atoms with E-state index in [1.54, 1.807) is 6.33 Å². The van der Waals surface area contributed by atoms with Crippen molar-refractivity contribution in [2.24, 2.45) is 0 Å². The Labute approximate surface area is 96.1 Å². The number of H-pyrrole nitrogens is 1. The molecule has 0 bridgehead atoms. The summed E-state index contributed by atoms with van der Waals surface area (Å²) in [4.78, 5) is 22.1. The number of fused-ring (bicyclic) bond motifs is 1. The van der Waals surface area contributed by atoms with Crippen LogP contribution in [0.2, 0.25) is 0 Å². The summed E-state index contributed by atoms with van der Waals surface area (Å²) in [5, 5.41) is 9.02. The maximum absolute atomic E-state index is 11.5. The van der Waals surface area contributed by atoms with Crippen LogP contribution in [0.1, 0.15) is 12.5 Å². The van der Waals surface area contributed by atoms with Crippen molar-refractivity contribution < 1.29 is 9.84 Å². The Morgan fingerprint density at radius 3 is 3.24 bits per heavy atom. The van der Waals surface area contributed by atoms with Gasteiger partial charge in [-0.05, 0) is 6.42 Å². The molecule has 1 unspecified atom stereocenters. The standard InChI is InChI=1S/C10H12N4O3/c15-2-7-1-6(3-17-7)14-5-13-8-9(14)11-4-12-10(8)16/h4-7,15H,1-3H2,(H,11,12,16)/t6?,7-/m0/s1. The number of imidazole rings is 1. The molecule has 7 heteroatoms. The summed E-state index contributed by atoms with van der Waals surface area (Å²) in [6.07, 6.45) is 3.53. The van der Waals surface area contributed by atoms with Crippen LogP contribution in [0.3, 0.4) is 0 Å². The minimum absolute atomic E-state index is 0.0111. The smallest absolute Gasteiger partial charge is 0.278 e. The van der Waals surface area contributed by atoms with Crippen LogP contribution in [0, 0.1) is 0 Å². The zero-order chi connectivity index (χ0) is 11.8. The van der Waals surface area contributed by atoms with Gasteiger partial charge in [0.15, 0.2) is 11.2 Å². The molecule has 0 spiro atoms. The topological polar surface area (TPSA) is 93.0 Å². The van der Waals surface area contributed by atoms with Crippen LogP contribution in [0.4, 0.5) is 0 Å². The number of hydrogen-bond donors (Lipinski definition) is 2.